The molecule has 1 unspecified atom stereocenters. The molecule has 3 rings (SSSR count). The SMILES string of the molecule is Cc1ccccc1NC(=O)Nc1ccc(CN2CCC(CC(=O)N[C@H](C)CC(=O)O)C2=O)cc1. The lowest BCUT2D eigenvalue weighted by molar-refractivity contribution is -0.138. The Hall–Kier alpha value is -3.88. The summed E-state index contributed by atoms with van der Waals surface area (Å²) >= 11 is 0. The van der Waals surface area contributed by atoms with Gasteiger partial charge in [-0.1, -0.05) is 30.3 Å². The van der Waals surface area contributed by atoms with Gasteiger partial charge in [0.15, 0.2) is 0 Å². The molecule has 34 heavy (non-hydrogen) atoms. The minimum absolute atomic E-state index is 0.0537. The van der Waals surface area contributed by atoms with Crippen LogP contribution in [0.1, 0.15) is 37.3 Å². The summed E-state index contributed by atoms with van der Waals surface area (Å²) in [6.07, 6.45) is 0.477. The van der Waals surface area contributed by atoms with Crippen LogP contribution in [0.3, 0.4) is 0 Å². The van der Waals surface area contributed by atoms with Crippen molar-refractivity contribution in [2.24, 2.45) is 5.92 Å². The van der Waals surface area contributed by atoms with E-state index in [-0.39, 0.29) is 30.7 Å². The van der Waals surface area contributed by atoms with Crippen LogP contribution in [-0.2, 0) is 20.9 Å². The first-order valence-corrected chi connectivity index (χ1v) is 11.2. The van der Waals surface area contributed by atoms with Gasteiger partial charge in [0.1, 0.15) is 0 Å². The van der Waals surface area contributed by atoms with Crippen LogP contribution in [0.4, 0.5) is 16.2 Å². The normalized spacial score (nSPS) is 16.1. The zero-order chi connectivity index (χ0) is 24.7. The summed E-state index contributed by atoms with van der Waals surface area (Å²) in [5, 5.41) is 17.0. The van der Waals surface area contributed by atoms with E-state index in [0.717, 1.165) is 16.8 Å². The molecule has 0 aromatic heterocycles. The molecule has 1 fully saturated rings. The number of urea groups is 1. The lowest BCUT2D eigenvalue weighted by Gasteiger charge is -2.18. The molecule has 9 heteroatoms. The van der Waals surface area contributed by atoms with Gasteiger partial charge in [0.25, 0.3) is 0 Å². The zero-order valence-electron chi connectivity index (χ0n) is 19.3. The van der Waals surface area contributed by atoms with Gasteiger partial charge in [-0.3, -0.25) is 14.4 Å². The third-order valence-electron chi connectivity index (χ3n) is 5.71. The van der Waals surface area contributed by atoms with Crippen molar-refractivity contribution in [1.82, 2.24) is 10.2 Å². The molecule has 1 saturated heterocycles. The van der Waals surface area contributed by atoms with E-state index in [1.54, 1.807) is 24.0 Å². The van der Waals surface area contributed by atoms with Crippen LogP contribution in [0, 0.1) is 12.8 Å². The molecule has 0 radical (unpaired) electrons. The van der Waals surface area contributed by atoms with Crippen molar-refractivity contribution in [3.63, 3.8) is 0 Å². The van der Waals surface area contributed by atoms with Gasteiger partial charge in [0, 0.05) is 42.8 Å². The Morgan fingerprint density at radius 1 is 1.09 bits per heavy atom. The zero-order valence-corrected chi connectivity index (χ0v) is 19.3. The number of aliphatic carboxylic acids is 1. The number of carboxylic acid groups (broad SMARTS) is 1. The second-order valence-electron chi connectivity index (χ2n) is 8.61. The lowest BCUT2D eigenvalue weighted by Crippen LogP contribution is -2.36. The molecule has 0 spiro atoms. The van der Waals surface area contributed by atoms with Crippen LogP contribution >= 0.6 is 0 Å². The largest absolute Gasteiger partial charge is 0.481 e. The third-order valence-corrected chi connectivity index (χ3v) is 5.71. The Bertz CT molecular complexity index is 1050. The van der Waals surface area contributed by atoms with Crippen LogP contribution in [0.5, 0.6) is 0 Å². The maximum absolute atomic E-state index is 12.7. The number of nitrogens with one attached hydrogen (secondary N) is 3. The first-order valence-electron chi connectivity index (χ1n) is 11.2. The molecule has 9 nitrogen and oxygen atoms in total. The van der Waals surface area contributed by atoms with Gasteiger partial charge in [-0.25, -0.2) is 4.79 Å². The number of hydrogen-bond donors (Lipinski definition) is 4. The van der Waals surface area contributed by atoms with E-state index < -0.39 is 17.9 Å². The predicted octanol–water partition coefficient (Wildman–Crippen LogP) is 3.36. The summed E-state index contributed by atoms with van der Waals surface area (Å²) in [4.78, 5) is 49.5. The molecule has 2 atom stereocenters. The number of anilines is 2. The quantitative estimate of drug-likeness (QED) is 0.451. The molecule has 0 aliphatic carbocycles. The highest BCUT2D eigenvalue weighted by Crippen LogP contribution is 2.24. The molecule has 4 amide bonds. The Balaban J connectivity index is 1.47. The number of benzene rings is 2. The molecular weight excluding hydrogens is 436 g/mol. The summed E-state index contributed by atoms with van der Waals surface area (Å²) < 4.78 is 0. The Kier molecular flexibility index (Phi) is 8.24. The van der Waals surface area contributed by atoms with E-state index in [1.165, 1.54) is 0 Å². The number of para-hydroxylation sites is 1. The second-order valence-corrected chi connectivity index (χ2v) is 8.61. The van der Waals surface area contributed by atoms with Crippen LogP contribution in [0.15, 0.2) is 48.5 Å². The van der Waals surface area contributed by atoms with Crippen LogP contribution in [0.2, 0.25) is 0 Å². The van der Waals surface area contributed by atoms with Gasteiger partial charge in [-0.15, -0.1) is 0 Å². The number of nitrogens with zero attached hydrogens (tertiary/aromatic N) is 1. The average molecular weight is 467 g/mol. The van der Waals surface area contributed by atoms with Gasteiger partial charge >= 0.3 is 12.0 Å². The van der Waals surface area contributed by atoms with E-state index in [1.807, 2.05) is 43.3 Å². The van der Waals surface area contributed by atoms with Gasteiger partial charge in [-0.2, -0.15) is 0 Å². The molecular formula is C25H30N4O5. The number of hydrogen-bond acceptors (Lipinski definition) is 4. The van der Waals surface area contributed by atoms with Gasteiger partial charge in [0.2, 0.25) is 11.8 Å². The summed E-state index contributed by atoms with van der Waals surface area (Å²) in [6, 6.07) is 14.0. The Labute approximate surface area is 198 Å². The van der Waals surface area contributed by atoms with Gasteiger partial charge in [0.05, 0.1) is 6.42 Å². The molecule has 0 saturated carbocycles. The van der Waals surface area contributed by atoms with Crippen molar-refractivity contribution in [3.8, 4) is 0 Å². The van der Waals surface area contributed by atoms with Crippen LogP contribution in [-0.4, -0.2) is 46.4 Å². The molecule has 1 aliphatic heterocycles. The first-order chi connectivity index (χ1) is 16.2. The number of rotatable bonds is 9. The first kappa shape index (κ1) is 24.8. The fourth-order valence-electron chi connectivity index (χ4n) is 3.93. The minimum atomic E-state index is -0.982. The molecule has 2 aromatic carbocycles. The molecule has 1 heterocycles. The van der Waals surface area contributed by atoms with Crippen molar-refractivity contribution in [2.45, 2.75) is 45.7 Å². The van der Waals surface area contributed by atoms with Crippen molar-refractivity contribution < 1.29 is 24.3 Å². The smallest absolute Gasteiger partial charge is 0.323 e. The maximum Gasteiger partial charge on any atom is 0.323 e. The fraction of sp³-hybridized carbons (Fsp3) is 0.360. The number of carboxylic acids is 1. The highest BCUT2D eigenvalue weighted by Gasteiger charge is 2.33. The lowest BCUT2D eigenvalue weighted by atomic mass is 10.0. The Morgan fingerprint density at radius 2 is 1.79 bits per heavy atom. The summed E-state index contributed by atoms with van der Waals surface area (Å²) in [5.41, 5.74) is 3.25. The predicted molar refractivity (Wildman–Crippen MR) is 128 cm³/mol. The van der Waals surface area contributed by atoms with E-state index in [9.17, 15) is 19.2 Å². The van der Waals surface area contributed by atoms with Crippen molar-refractivity contribution in [2.75, 3.05) is 17.2 Å². The third kappa shape index (κ3) is 7.06. The number of aryl methyl sites for hydroxylation is 1. The highest BCUT2D eigenvalue weighted by molar-refractivity contribution is 6.00. The van der Waals surface area contributed by atoms with E-state index in [2.05, 4.69) is 16.0 Å². The van der Waals surface area contributed by atoms with Crippen LogP contribution in [0.25, 0.3) is 0 Å². The van der Waals surface area contributed by atoms with Crippen LogP contribution < -0.4 is 16.0 Å². The molecule has 1 aliphatic rings. The van der Waals surface area contributed by atoms with Gasteiger partial charge in [-0.05, 0) is 49.6 Å². The molecule has 180 valence electrons. The van der Waals surface area contributed by atoms with Crippen molar-refractivity contribution in [3.05, 3.63) is 59.7 Å². The fourth-order valence-corrected chi connectivity index (χ4v) is 3.93. The summed E-state index contributed by atoms with van der Waals surface area (Å²) in [5.74, 6) is -1.78. The molecule has 4 N–H and O–H groups in total. The number of amides is 4. The second kappa shape index (κ2) is 11.3. The summed E-state index contributed by atoms with van der Waals surface area (Å²) in [7, 11) is 0. The van der Waals surface area contributed by atoms with Crippen molar-refractivity contribution >= 4 is 35.2 Å². The van der Waals surface area contributed by atoms with Gasteiger partial charge < -0.3 is 26.0 Å². The van der Waals surface area contributed by atoms with E-state index in [0.29, 0.717) is 25.2 Å². The van der Waals surface area contributed by atoms with E-state index >= 15 is 0 Å². The average Bonchev–Trinajstić information content (AvgIpc) is 3.09. The maximum atomic E-state index is 12.7. The highest BCUT2D eigenvalue weighted by atomic mass is 16.4. The molecule has 2 aromatic rings. The van der Waals surface area contributed by atoms with E-state index in [4.69, 9.17) is 5.11 Å². The number of likely N-dealkylation sites (tertiary alicyclic amines) is 1. The monoisotopic (exact) mass is 466 g/mol. The number of carbonyl (C=O) groups is 4. The topological polar surface area (TPSA) is 128 Å². The standard InChI is InChI=1S/C25H30N4O5/c1-16-5-3-4-6-21(16)28-25(34)27-20-9-7-18(8-10-20)15-29-12-11-19(24(29)33)14-22(30)26-17(2)13-23(31)32/h3-10,17,19H,11-15H2,1-2H3,(H,26,30)(H,31,32)(H2,27,28,34)/t17-,19?/m1/s1. The Morgan fingerprint density at radius 3 is 2.47 bits per heavy atom. The van der Waals surface area contributed by atoms with Crippen molar-refractivity contribution in [1.29, 1.82) is 0 Å². The number of carbonyl (C=O) groups excluding carboxylic acids is 3. The summed E-state index contributed by atoms with van der Waals surface area (Å²) in [6.45, 7) is 4.52. The minimum Gasteiger partial charge on any atom is -0.481 e. The molecule has 0 bridgehead atoms.